The zero-order valence-electron chi connectivity index (χ0n) is 15.3. The van der Waals surface area contributed by atoms with Crippen LogP contribution in [-0.2, 0) is 11.3 Å². The maximum Gasteiger partial charge on any atom is 0.159 e. The number of halogens is 2. The van der Waals surface area contributed by atoms with Gasteiger partial charge in [-0.15, -0.1) is 0 Å². The molecule has 0 amide bonds. The van der Waals surface area contributed by atoms with E-state index in [0.717, 1.165) is 57.9 Å². The van der Waals surface area contributed by atoms with E-state index >= 15 is 0 Å². The Balaban J connectivity index is 1.62. The summed E-state index contributed by atoms with van der Waals surface area (Å²) in [6.45, 7) is 8.21. The maximum atomic E-state index is 13.5. The first kappa shape index (κ1) is 18.7. The predicted octanol–water partition coefficient (Wildman–Crippen LogP) is 2.05. The van der Waals surface area contributed by atoms with E-state index in [0.29, 0.717) is 13.2 Å². The largest absolute Gasteiger partial charge is 0.379 e. The first-order valence-corrected chi connectivity index (χ1v) is 9.07. The van der Waals surface area contributed by atoms with Crippen molar-refractivity contribution in [3.63, 3.8) is 0 Å². The van der Waals surface area contributed by atoms with Crippen LogP contribution in [0, 0.1) is 17.0 Å². The fourth-order valence-corrected chi connectivity index (χ4v) is 3.92. The van der Waals surface area contributed by atoms with E-state index in [1.54, 1.807) is 6.07 Å². The number of hydrogen-bond donors (Lipinski definition) is 0. The summed E-state index contributed by atoms with van der Waals surface area (Å²) in [6.07, 6.45) is 1.13. The minimum absolute atomic E-state index is 0.154. The van der Waals surface area contributed by atoms with Crippen molar-refractivity contribution in [2.24, 2.45) is 5.41 Å². The Morgan fingerprint density at radius 1 is 1.12 bits per heavy atom. The number of hydrogen-bond acceptors (Lipinski definition) is 4. The topological polar surface area (TPSA) is 19.0 Å². The van der Waals surface area contributed by atoms with Gasteiger partial charge in [0.25, 0.3) is 0 Å². The van der Waals surface area contributed by atoms with Crippen molar-refractivity contribution in [3.8, 4) is 0 Å². The SMILES string of the molecule is CN(C)CCN1CCC2(COCCN(Cc3ccc(F)c(F)c3)C2)C1. The van der Waals surface area contributed by atoms with Gasteiger partial charge in [-0.3, -0.25) is 4.90 Å². The standard InChI is InChI=1S/C19H29F2N3O/c1-22(2)7-8-23-6-5-19(13-23)14-24(9-10-25-15-19)12-16-3-4-17(20)18(21)11-16/h3-4,11H,5-10,12-15H2,1-2H3. The van der Waals surface area contributed by atoms with Crippen LogP contribution >= 0.6 is 0 Å². The monoisotopic (exact) mass is 353 g/mol. The molecule has 0 radical (unpaired) electrons. The average molecular weight is 353 g/mol. The molecule has 3 rings (SSSR count). The maximum absolute atomic E-state index is 13.5. The van der Waals surface area contributed by atoms with Crippen molar-refractivity contribution >= 4 is 0 Å². The van der Waals surface area contributed by atoms with Gasteiger partial charge in [0.05, 0.1) is 13.2 Å². The lowest BCUT2D eigenvalue weighted by Gasteiger charge is -2.32. The summed E-state index contributed by atoms with van der Waals surface area (Å²) in [5, 5.41) is 0. The summed E-state index contributed by atoms with van der Waals surface area (Å²) < 4.78 is 32.5. The molecule has 6 heteroatoms. The molecule has 1 aromatic carbocycles. The first-order valence-electron chi connectivity index (χ1n) is 9.07. The van der Waals surface area contributed by atoms with Crippen LogP contribution in [0.2, 0.25) is 0 Å². The van der Waals surface area contributed by atoms with E-state index < -0.39 is 11.6 Å². The van der Waals surface area contributed by atoms with Gasteiger partial charge in [-0.2, -0.15) is 0 Å². The van der Waals surface area contributed by atoms with Crippen molar-refractivity contribution in [2.75, 3.05) is 66.6 Å². The molecule has 0 aliphatic carbocycles. The molecule has 2 aliphatic heterocycles. The van der Waals surface area contributed by atoms with Gasteiger partial charge in [-0.05, 0) is 44.8 Å². The van der Waals surface area contributed by atoms with Crippen molar-refractivity contribution in [1.82, 2.24) is 14.7 Å². The second-order valence-electron chi connectivity index (χ2n) is 7.84. The summed E-state index contributed by atoms with van der Waals surface area (Å²) in [5.74, 6) is -1.55. The van der Waals surface area contributed by atoms with Gasteiger partial charge in [-0.25, -0.2) is 8.78 Å². The minimum atomic E-state index is -0.785. The molecule has 1 unspecified atom stereocenters. The third-order valence-electron chi connectivity index (χ3n) is 5.29. The number of ether oxygens (including phenoxy) is 1. The smallest absolute Gasteiger partial charge is 0.159 e. The summed E-state index contributed by atoms with van der Waals surface area (Å²) in [5.41, 5.74) is 0.972. The van der Waals surface area contributed by atoms with Crippen LogP contribution in [-0.4, -0.2) is 81.3 Å². The van der Waals surface area contributed by atoms with Gasteiger partial charge in [0, 0.05) is 44.7 Å². The first-order chi connectivity index (χ1) is 12.0. The molecule has 0 N–H and O–H groups in total. The van der Waals surface area contributed by atoms with Crippen LogP contribution in [0.4, 0.5) is 8.78 Å². The minimum Gasteiger partial charge on any atom is -0.379 e. The van der Waals surface area contributed by atoms with Gasteiger partial charge in [0.2, 0.25) is 0 Å². The van der Waals surface area contributed by atoms with E-state index in [2.05, 4.69) is 28.8 Å². The molecule has 2 aliphatic rings. The number of rotatable bonds is 5. The van der Waals surface area contributed by atoms with Gasteiger partial charge in [0.1, 0.15) is 0 Å². The molecular weight excluding hydrogens is 324 g/mol. The second-order valence-corrected chi connectivity index (χ2v) is 7.84. The number of benzene rings is 1. The Morgan fingerprint density at radius 3 is 2.68 bits per heavy atom. The Morgan fingerprint density at radius 2 is 1.92 bits per heavy atom. The van der Waals surface area contributed by atoms with Crippen LogP contribution < -0.4 is 0 Å². The second kappa shape index (κ2) is 8.08. The average Bonchev–Trinajstić information content (AvgIpc) is 2.85. The molecule has 1 aromatic rings. The lowest BCUT2D eigenvalue weighted by atomic mass is 9.87. The van der Waals surface area contributed by atoms with Crippen LogP contribution in [0.15, 0.2) is 18.2 Å². The number of nitrogens with zero attached hydrogens (tertiary/aromatic N) is 3. The summed E-state index contributed by atoms with van der Waals surface area (Å²) in [6, 6.07) is 4.20. The van der Waals surface area contributed by atoms with Crippen LogP contribution in [0.5, 0.6) is 0 Å². The Kier molecular flexibility index (Phi) is 6.04. The van der Waals surface area contributed by atoms with Gasteiger partial charge in [-0.1, -0.05) is 6.07 Å². The van der Waals surface area contributed by atoms with Crippen LogP contribution in [0.3, 0.4) is 0 Å². The highest BCUT2D eigenvalue weighted by Gasteiger charge is 2.40. The molecule has 140 valence electrons. The molecule has 25 heavy (non-hydrogen) atoms. The predicted molar refractivity (Wildman–Crippen MR) is 94.5 cm³/mol. The Hall–Kier alpha value is -1.08. The summed E-state index contributed by atoms with van der Waals surface area (Å²) in [4.78, 5) is 7.06. The Labute approximate surface area is 149 Å². The van der Waals surface area contributed by atoms with Gasteiger partial charge >= 0.3 is 0 Å². The molecule has 2 saturated heterocycles. The van der Waals surface area contributed by atoms with Gasteiger partial charge in [0.15, 0.2) is 11.6 Å². The molecule has 0 aromatic heterocycles. The third-order valence-corrected chi connectivity index (χ3v) is 5.29. The van der Waals surface area contributed by atoms with E-state index in [4.69, 9.17) is 4.74 Å². The lowest BCUT2D eigenvalue weighted by molar-refractivity contribution is 0.0707. The van der Waals surface area contributed by atoms with Crippen molar-refractivity contribution in [2.45, 2.75) is 13.0 Å². The normalized spacial score (nSPS) is 25.8. The van der Waals surface area contributed by atoms with Crippen LogP contribution in [0.1, 0.15) is 12.0 Å². The van der Waals surface area contributed by atoms with E-state index in [-0.39, 0.29) is 5.41 Å². The number of likely N-dealkylation sites (tertiary alicyclic amines) is 1. The number of likely N-dealkylation sites (N-methyl/N-ethyl adjacent to an activating group) is 1. The van der Waals surface area contributed by atoms with Crippen molar-refractivity contribution < 1.29 is 13.5 Å². The third kappa shape index (κ3) is 4.97. The zero-order valence-corrected chi connectivity index (χ0v) is 15.3. The summed E-state index contributed by atoms with van der Waals surface area (Å²) in [7, 11) is 4.20. The molecule has 1 atom stereocenters. The van der Waals surface area contributed by atoms with Crippen molar-refractivity contribution in [3.05, 3.63) is 35.4 Å². The highest BCUT2D eigenvalue weighted by molar-refractivity contribution is 5.17. The molecular formula is C19H29F2N3O. The fourth-order valence-electron chi connectivity index (χ4n) is 3.92. The van der Waals surface area contributed by atoms with E-state index in [9.17, 15) is 8.78 Å². The molecule has 2 fully saturated rings. The fraction of sp³-hybridized carbons (Fsp3) is 0.684. The molecule has 4 nitrogen and oxygen atoms in total. The summed E-state index contributed by atoms with van der Waals surface area (Å²) >= 11 is 0. The zero-order chi connectivity index (χ0) is 17.9. The van der Waals surface area contributed by atoms with E-state index in [1.165, 1.54) is 12.1 Å². The highest BCUT2D eigenvalue weighted by Crippen LogP contribution is 2.33. The quantitative estimate of drug-likeness (QED) is 0.806. The van der Waals surface area contributed by atoms with Crippen molar-refractivity contribution in [1.29, 1.82) is 0 Å². The van der Waals surface area contributed by atoms with Crippen LogP contribution in [0.25, 0.3) is 0 Å². The molecule has 1 spiro atoms. The molecule has 0 bridgehead atoms. The highest BCUT2D eigenvalue weighted by atomic mass is 19.2. The Bertz CT molecular complexity index is 584. The van der Waals surface area contributed by atoms with Gasteiger partial charge < -0.3 is 14.5 Å². The molecule has 2 heterocycles. The molecule has 0 saturated carbocycles. The lowest BCUT2D eigenvalue weighted by Crippen LogP contribution is -2.41. The van der Waals surface area contributed by atoms with E-state index in [1.807, 2.05) is 0 Å².